The fraction of sp³-hybridized carbons (Fsp3) is 0.200. The highest BCUT2D eigenvalue weighted by Gasteiger charge is 2.11. The second kappa shape index (κ2) is 10.0. The Balaban J connectivity index is 1.93. The molecule has 148 valence electrons. The lowest BCUT2D eigenvalue weighted by molar-refractivity contribution is -0.142. The quantitative estimate of drug-likeness (QED) is 0.523. The molecule has 0 aromatic heterocycles. The summed E-state index contributed by atoms with van der Waals surface area (Å²) < 4.78 is 15.3. The third-order valence-corrected chi connectivity index (χ3v) is 4.21. The van der Waals surface area contributed by atoms with Crippen molar-refractivity contribution < 1.29 is 23.8 Å². The molecule has 0 unspecified atom stereocenters. The van der Waals surface area contributed by atoms with Crippen LogP contribution in [0.25, 0.3) is 6.08 Å². The van der Waals surface area contributed by atoms with Gasteiger partial charge in [0.2, 0.25) is 0 Å². The van der Waals surface area contributed by atoms with E-state index < -0.39 is 18.5 Å². The topological polar surface area (TPSA) is 73.9 Å². The third-order valence-electron chi connectivity index (χ3n) is 3.61. The van der Waals surface area contributed by atoms with E-state index in [0.29, 0.717) is 32.8 Å². The van der Waals surface area contributed by atoms with Crippen LogP contribution in [0.5, 0.6) is 11.5 Å². The molecule has 0 radical (unpaired) electrons. The normalized spacial score (nSPS) is 10.6. The number of amides is 1. The van der Waals surface area contributed by atoms with Crippen LogP contribution in [0.15, 0.2) is 36.4 Å². The van der Waals surface area contributed by atoms with Gasteiger partial charge in [-0.05, 0) is 48.4 Å². The highest BCUT2D eigenvalue weighted by Crippen LogP contribution is 2.36. The molecule has 0 atom stereocenters. The number of anilines is 1. The van der Waals surface area contributed by atoms with Crippen LogP contribution in [-0.4, -0.2) is 32.7 Å². The van der Waals surface area contributed by atoms with Crippen LogP contribution in [0, 0.1) is 6.92 Å². The number of halogens is 2. The Labute approximate surface area is 173 Å². The number of esters is 1. The largest absolute Gasteiger partial charge is 0.493 e. The van der Waals surface area contributed by atoms with Crippen LogP contribution in [0.3, 0.4) is 0 Å². The third kappa shape index (κ3) is 5.90. The van der Waals surface area contributed by atoms with Crippen molar-refractivity contribution in [3.63, 3.8) is 0 Å². The van der Waals surface area contributed by atoms with Crippen molar-refractivity contribution in [2.75, 3.05) is 26.1 Å². The van der Waals surface area contributed by atoms with Crippen LogP contribution in [0.4, 0.5) is 5.69 Å². The molecule has 8 heteroatoms. The zero-order valence-corrected chi connectivity index (χ0v) is 17.1. The Morgan fingerprint density at radius 2 is 1.82 bits per heavy atom. The number of carbonyl (C=O) groups is 2. The molecule has 0 spiro atoms. The van der Waals surface area contributed by atoms with Gasteiger partial charge < -0.3 is 19.5 Å². The number of hydrogen-bond acceptors (Lipinski definition) is 5. The van der Waals surface area contributed by atoms with E-state index in [0.717, 1.165) is 5.56 Å². The first-order valence-electron chi connectivity index (χ1n) is 8.16. The summed E-state index contributed by atoms with van der Waals surface area (Å²) in [6.45, 7) is 1.44. The van der Waals surface area contributed by atoms with E-state index in [1.165, 1.54) is 26.4 Å². The second-order valence-corrected chi connectivity index (χ2v) is 6.53. The van der Waals surface area contributed by atoms with E-state index in [4.69, 9.17) is 37.4 Å². The monoisotopic (exact) mass is 423 g/mol. The number of aryl methyl sites for hydroxylation is 1. The van der Waals surface area contributed by atoms with Gasteiger partial charge in [-0.25, -0.2) is 4.79 Å². The van der Waals surface area contributed by atoms with Gasteiger partial charge >= 0.3 is 5.97 Å². The Morgan fingerprint density at radius 1 is 1.07 bits per heavy atom. The lowest BCUT2D eigenvalue weighted by Crippen LogP contribution is -2.20. The zero-order chi connectivity index (χ0) is 20.7. The SMILES string of the molecule is COc1cc(/C=C/C(=O)OCC(=O)Nc2ccc(C)cc2Cl)cc(Cl)c1OC. The van der Waals surface area contributed by atoms with Gasteiger partial charge in [0.1, 0.15) is 0 Å². The van der Waals surface area contributed by atoms with E-state index in [-0.39, 0.29) is 0 Å². The van der Waals surface area contributed by atoms with Gasteiger partial charge in [-0.2, -0.15) is 0 Å². The average Bonchev–Trinajstić information content (AvgIpc) is 2.66. The van der Waals surface area contributed by atoms with Crippen LogP contribution in [0.1, 0.15) is 11.1 Å². The van der Waals surface area contributed by atoms with E-state index in [9.17, 15) is 9.59 Å². The smallest absolute Gasteiger partial charge is 0.331 e. The average molecular weight is 424 g/mol. The molecule has 1 amide bonds. The number of hydrogen-bond donors (Lipinski definition) is 1. The summed E-state index contributed by atoms with van der Waals surface area (Å²) in [5.74, 6) is -0.356. The number of rotatable bonds is 7. The summed E-state index contributed by atoms with van der Waals surface area (Å²) in [6.07, 6.45) is 2.68. The molecule has 6 nitrogen and oxygen atoms in total. The molecule has 0 heterocycles. The standard InChI is InChI=1S/C20H19Cl2NO5/c1-12-4-6-16(14(21)8-12)23-18(24)11-28-19(25)7-5-13-9-15(22)20(27-3)17(10-13)26-2/h4-10H,11H2,1-3H3,(H,23,24)/b7-5+. The predicted octanol–water partition coefficient (Wildman–Crippen LogP) is 4.51. The zero-order valence-electron chi connectivity index (χ0n) is 15.5. The summed E-state index contributed by atoms with van der Waals surface area (Å²) in [4.78, 5) is 23.8. The molecule has 0 saturated carbocycles. The van der Waals surface area contributed by atoms with E-state index in [1.807, 2.05) is 13.0 Å². The molecule has 0 saturated heterocycles. The van der Waals surface area contributed by atoms with Gasteiger partial charge in [0.25, 0.3) is 5.91 Å². The predicted molar refractivity (Wildman–Crippen MR) is 109 cm³/mol. The molecular weight excluding hydrogens is 405 g/mol. The van der Waals surface area contributed by atoms with Crippen molar-refractivity contribution in [3.8, 4) is 11.5 Å². The first kappa shape index (κ1) is 21.6. The first-order chi connectivity index (χ1) is 13.3. The molecule has 0 bridgehead atoms. The molecular formula is C20H19Cl2NO5. The minimum atomic E-state index is -0.684. The van der Waals surface area contributed by atoms with Gasteiger partial charge in [-0.3, -0.25) is 4.79 Å². The Kier molecular flexibility index (Phi) is 7.72. The maximum Gasteiger partial charge on any atom is 0.331 e. The minimum absolute atomic E-state index is 0.337. The molecule has 0 aliphatic carbocycles. The first-order valence-corrected chi connectivity index (χ1v) is 8.92. The molecule has 0 fully saturated rings. The van der Waals surface area contributed by atoms with Crippen LogP contribution in [-0.2, 0) is 14.3 Å². The lowest BCUT2D eigenvalue weighted by atomic mass is 10.2. The summed E-state index contributed by atoms with van der Waals surface area (Å²) in [5, 5.41) is 3.33. The maximum absolute atomic E-state index is 11.9. The highest BCUT2D eigenvalue weighted by molar-refractivity contribution is 6.33. The van der Waals surface area contributed by atoms with Crippen molar-refractivity contribution in [3.05, 3.63) is 57.6 Å². The summed E-state index contributed by atoms with van der Waals surface area (Å²) >= 11 is 12.2. The molecule has 2 rings (SSSR count). The van der Waals surface area contributed by atoms with Crippen molar-refractivity contribution in [2.45, 2.75) is 6.92 Å². The highest BCUT2D eigenvalue weighted by atomic mass is 35.5. The van der Waals surface area contributed by atoms with Crippen LogP contribution < -0.4 is 14.8 Å². The summed E-state index contributed by atoms with van der Waals surface area (Å²) in [7, 11) is 2.96. The summed E-state index contributed by atoms with van der Waals surface area (Å²) in [5.41, 5.74) is 2.02. The Bertz CT molecular complexity index is 912. The number of carbonyl (C=O) groups excluding carboxylic acids is 2. The fourth-order valence-electron chi connectivity index (χ4n) is 2.29. The Morgan fingerprint density at radius 3 is 2.46 bits per heavy atom. The summed E-state index contributed by atoms with van der Waals surface area (Å²) in [6, 6.07) is 8.47. The lowest BCUT2D eigenvalue weighted by Gasteiger charge is -2.10. The minimum Gasteiger partial charge on any atom is -0.493 e. The van der Waals surface area contributed by atoms with E-state index in [1.54, 1.807) is 24.3 Å². The van der Waals surface area contributed by atoms with E-state index >= 15 is 0 Å². The molecule has 2 aromatic carbocycles. The number of methoxy groups -OCH3 is 2. The van der Waals surface area contributed by atoms with Gasteiger partial charge in [0.05, 0.1) is 30.0 Å². The van der Waals surface area contributed by atoms with Crippen LogP contribution >= 0.6 is 23.2 Å². The second-order valence-electron chi connectivity index (χ2n) is 5.71. The van der Waals surface area contributed by atoms with Gasteiger partial charge in [-0.1, -0.05) is 29.3 Å². The van der Waals surface area contributed by atoms with E-state index in [2.05, 4.69) is 5.32 Å². The molecule has 28 heavy (non-hydrogen) atoms. The van der Waals surface area contributed by atoms with Gasteiger partial charge in [0.15, 0.2) is 18.1 Å². The Hall–Kier alpha value is -2.70. The fourth-order valence-corrected chi connectivity index (χ4v) is 2.87. The maximum atomic E-state index is 11.9. The molecule has 1 N–H and O–H groups in total. The molecule has 0 aliphatic heterocycles. The van der Waals surface area contributed by atoms with Crippen molar-refractivity contribution in [1.82, 2.24) is 0 Å². The van der Waals surface area contributed by atoms with Gasteiger partial charge in [-0.15, -0.1) is 0 Å². The number of ether oxygens (including phenoxy) is 3. The van der Waals surface area contributed by atoms with Crippen molar-refractivity contribution in [2.24, 2.45) is 0 Å². The van der Waals surface area contributed by atoms with Crippen molar-refractivity contribution >= 4 is 46.8 Å². The molecule has 0 aliphatic rings. The van der Waals surface area contributed by atoms with Gasteiger partial charge in [0, 0.05) is 6.08 Å². The van der Waals surface area contributed by atoms with Crippen molar-refractivity contribution in [1.29, 1.82) is 0 Å². The van der Waals surface area contributed by atoms with Crippen LogP contribution in [0.2, 0.25) is 10.0 Å². The molecule has 2 aromatic rings. The number of nitrogens with one attached hydrogen (secondary N) is 1. The number of benzene rings is 2.